The lowest BCUT2D eigenvalue weighted by Crippen LogP contribution is -2.48. The minimum atomic E-state index is -3.18. The monoisotopic (exact) mass is 290 g/mol. The summed E-state index contributed by atoms with van der Waals surface area (Å²) in [5.74, 6) is 1.18. The van der Waals surface area contributed by atoms with Crippen LogP contribution in [0.3, 0.4) is 0 Å². The van der Waals surface area contributed by atoms with Gasteiger partial charge in [0.1, 0.15) is 0 Å². The first kappa shape index (κ1) is 15.2. The van der Waals surface area contributed by atoms with Crippen LogP contribution in [0, 0.1) is 11.8 Å². The Morgan fingerprint density at radius 2 is 1.89 bits per heavy atom. The lowest BCUT2D eigenvalue weighted by Gasteiger charge is -2.36. The van der Waals surface area contributed by atoms with E-state index in [2.05, 4.69) is 18.7 Å². The highest BCUT2D eigenvalue weighted by atomic mass is 32.2. The molecule has 0 radical (unpaired) electrons. The molecule has 2 fully saturated rings. The number of nitrogens with zero attached hydrogens (tertiary/aromatic N) is 2. The summed E-state index contributed by atoms with van der Waals surface area (Å²) in [6.07, 6.45) is 0.782. The summed E-state index contributed by atoms with van der Waals surface area (Å²) in [7, 11) is -1.17. The van der Waals surface area contributed by atoms with Gasteiger partial charge in [0.25, 0.3) is 0 Å². The van der Waals surface area contributed by atoms with E-state index in [1.165, 1.54) is 0 Å². The Hall–Kier alpha value is -0.170. The van der Waals surface area contributed by atoms with E-state index in [0.29, 0.717) is 38.1 Å². The van der Waals surface area contributed by atoms with Crippen LogP contribution in [-0.2, 0) is 14.8 Å². The maximum absolute atomic E-state index is 12.4. The van der Waals surface area contributed by atoms with E-state index in [1.807, 2.05) is 7.05 Å². The van der Waals surface area contributed by atoms with Gasteiger partial charge in [0.2, 0.25) is 10.0 Å². The van der Waals surface area contributed by atoms with Gasteiger partial charge in [-0.2, -0.15) is 0 Å². The average molecular weight is 290 g/mol. The third-order valence-corrected chi connectivity index (χ3v) is 6.34. The molecule has 6 heteroatoms. The van der Waals surface area contributed by atoms with Crippen molar-refractivity contribution in [2.45, 2.75) is 26.4 Å². The molecule has 2 aliphatic rings. The normalized spacial score (nSPS) is 35.4. The fourth-order valence-electron chi connectivity index (χ4n) is 2.79. The van der Waals surface area contributed by atoms with Crippen molar-refractivity contribution in [1.82, 2.24) is 9.21 Å². The summed E-state index contributed by atoms with van der Waals surface area (Å²) in [4.78, 5) is 2.13. The zero-order valence-electron chi connectivity index (χ0n) is 12.2. The van der Waals surface area contributed by atoms with E-state index in [4.69, 9.17) is 4.74 Å². The van der Waals surface area contributed by atoms with Crippen molar-refractivity contribution in [3.05, 3.63) is 0 Å². The number of morpholine rings is 1. The summed E-state index contributed by atoms with van der Waals surface area (Å²) in [6.45, 7) is 7.88. The molecule has 2 heterocycles. The van der Waals surface area contributed by atoms with Crippen LogP contribution in [0.1, 0.15) is 20.3 Å². The van der Waals surface area contributed by atoms with Crippen molar-refractivity contribution < 1.29 is 13.2 Å². The van der Waals surface area contributed by atoms with Crippen LogP contribution in [0.25, 0.3) is 0 Å². The van der Waals surface area contributed by atoms with Crippen LogP contribution in [0.15, 0.2) is 0 Å². The predicted octanol–water partition coefficient (Wildman–Crippen LogP) is 0.625. The van der Waals surface area contributed by atoms with Gasteiger partial charge in [-0.1, -0.05) is 13.8 Å². The highest BCUT2D eigenvalue weighted by molar-refractivity contribution is 7.89. The molecule has 3 atom stereocenters. The van der Waals surface area contributed by atoms with Gasteiger partial charge in [0.15, 0.2) is 0 Å². The number of likely N-dealkylation sites (N-methyl/N-ethyl adjacent to an activating group) is 1. The molecule has 0 spiro atoms. The third-order valence-electron chi connectivity index (χ3n) is 4.43. The Morgan fingerprint density at radius 3 is 2.53 bits per heavy atom. The Kier molecular flexibility index (Phi) is 4.87. The Bertz CT molecular complexity index is 399. The van der Waals surface area contributed by atoms with Crippen molar-refractivity contribution in [2.24, 2.45) is 11.8 Å². The average Bonchev–Trinajstić information content (AvgIpc) is 2.32. The first-order chi connectivity index (χ1) is 8.88. The lowest BCUT2D eigenvalue weighted by molar-refractivity contribution is -0.00744. The molecule has 0 aliphatic carbocycles. The quantitative estimate of drug-likeness (QED) is 0.765. The lowest BCUT2D eigenvalue weighted by atomic mass is 9.90. The third kappa shape index (κ3) is 3.90. The summed E-state index contributed by atoms with van der Waals surface area (Å²) in [5.41, 5.74) is 0. The maximum atomic E-state index is 12.4. The van der Waals surface area contributed by atoms with E-state index in [1.54, 1.807) is 4.31 Å². The van der Waals surface area contributed by atoms with E-state index in [0.717, 1.165) is 13.0 Å². The van der Waals surface area contributed by atoms with Gasteiger partial charge in [-0.25, -0.2) is 12.7 Å². The summed E-state index contributed by atoms with van der Waals surface area (Å²) in [5, 5.41) is 0. The van der Waals surface area contributed by atoms with Crippen molar-refractivity contribution in [1.29, 1.82) is 0 Å². The van der Waals surface area contributed by atoms with Crippen LogP contribution in [0.5, 0.6) is 0 Å². The van der Waals surface area contributed by atoms with Gasteiger partial charge in [-0.15, -0.1) is 0 Å². The summed E-state index contributed by atoms with van der Waals surface area (Å²) >= 11 is 0. The Balaban J connectivity index is 1.94. The van der Waals surface area contributed by atoms with E-state index in [-0.39, 0.29) is 11.9 Å². The topological polar surface area (TPSA) is 49.9 Å². The van der Waals surface area contributed by atoms with Gasteiger partial charge < -0.3 is 9.64 Å². The second-order valence-corrected chi connectivity index (χ2v) is 8.15. The maximum Gasteiger partial charge on any atom is 0.216 e. The van der Waals surface area contributed by atoms with E-state index < -0.39 is 10.0 Å². The van der Waals surface area contributed by atoms with Crippen LogP contribution >= 0.6 is 0 Å². The second kappa shape index (κ2) is 6.08. The van der Waals surface area contributed by atoms with Crippen LogP contribution in [0.2, 0.25) is 0 Å². The number of sulfonamides is 1. The molecule has 0 saturated carbocycles. The molecular formula is C13H26N2O3S. The SMILES string of the molecule is CC1CCN(S(=O)(=O)CC2CN(C)CCO2)CC1C. The van der Waals surface area contributed by atoms with Crippen LogP contribution in [0.4, 0.5) is 0 Å². The molecule has 0 aromatic rings. The molecule has 3 unspecified atom stereocenters. The molecule has 0 aromatic carbocycles. The largest absolute Gasteiger partial charge is 0.374 e. The van der Waals surface area contributed by atoms with E-state index >= 15 is 0 Å². The molecule has 2 saturated heterocycles. The smallest absolute Gasteiger partial charge is 0.216 e. The van der Waals surface area contributed by atoms with Gasteiger partial charge in [-0.3, -0.25) is 0 Å². The van der Waals surface area contributed by atoms with E-state index in [9.17, 15) is 8.42 Å². The first-order valence-corrected chi connectivity index (χ1v) is 8.77. The Labute approximate surface area is 117 Å². The molecular weight excluding hydrogens is 264 g/mol. The van der Waals surface area contributed by atoms with Gasteiger partial charge in [0, 0.05) is 26.2 Å². The number of piperidine rings is 1. The zero-order valence-corrected chi connectivity index (χ0v) is 13.0. The molecule has 0 bridgehead atoms. The summed E-state index contributed by atoms with van der Waals surface area (Å²) in [6, 6.07) is 0. The van der Waals surface area contributed by atoms with Gasteiger partial charge in [-0.05, 0) is 25.3 Å². The highest BCUT2D eigenvalue weighted by Gasteiger charge is 2.33. The molecule has 19 heavy (non-hydrogen) atoms. The predicted molar refractivity (Wildman–Crippen MR) is 75.5 cm³/mol. The highest BCUT2D eigenvalue weighted by Crippen LogP contribution is 2.25. The second-order valence-electron chi connectivity index (χ2n) is 6.13. The number of ether oxygens (including phenoxy) is 1. The first-order valence-electron chi connectivity index (χ1n) is 7.16. The number of hydrogen-bond acceptors (Lipinski definition) is 4. The molecule has 5 nitrogen and oxygen atoms in total. The Morgan fingerprint density at radius 1 is 1.16 bits per heavy atom. The van der Waals surface area contributed by atoms with Crippen molar-refractivity contribution in [2.75, 3.05) is 45.6 Å². The standard InChI is InChI=1S/C13H26N2O3S/c1-11-4-5-15(8-12(11)2)19(16,17)10-13-9-14(3)6-7-18-13/h11-13H,4-10H2,1-3H3. The summed E-state index contributed by atoms with van der Waals surface area (Å²) < 4.78 is 32.1. The number of rotatable bonds is 3. The zero-order chi connectivity index (χ0) is 14.0. The fraction of sp³-hybridized carbons (Fsp3) is 1.00. The van der Waals surface area contributed by atoms with Crippen molar-refractivity contribution >= 4 is 10.0 Å². The fourth-order valence-corrected chi connectivity index (χ4v) is 4.51. The molecule has 2 rings (SSSR count). The van der Waals surface area contributed by atoms with Gasteiger partial charge >= 0.3 is 0 Å². The molecule has 0 aromatic heterocycles. The van der Waals surface area contributed by atoms with Crippen molar-refractivity contribution in [3.8, 4) is 0 Å². The molecule has 0 amide bonds. The van der Waals surface area contributed by atoms with Crippen LogP contribution < -0.4 is 0 Å². The minimum absolute atomic E-state index is 0.123. The number of hydrogen-bond donors (Lipinski definition) is 0. The molecule has 112 valence electrons. The van der Waals surface area contributed by atoms with Gasteiger partial charge in [0.05, 0.1) is 18.5 Å². The van der Waals surface area contributed by atoms with Crippen molar-refractivity contribution in [3.63, 3.8) is 0 Å². The molecule has 0 N–H and O–H groups in total. The molecule has 2 aliphatic heterocycles. The van der Waals surface area contributed by atoms with Crippen LogP contribution in [-0.4, -0.2) is 69.3 Å². The minimum Gasteiger partial charge on any atom is -0.374 e.